The van der Waals surface area contributed by atoms with Crippen LogP contribution in [0, 0.1) is 0 Å². The number of furan rings is 1. The van der Waals surface area contributed by atoms with Crippen LogP contribution in [0.2, 0.25) is 0 Å². The van der Waals surface area contributed by atoms with Crippen molar-refractivity contribution >= 4 is 22.7 Å². The van der Waals surface area contributed by atoms with E-state index in [2.05, 4.69) is 15.8 Å². The van der Waals surface area contributed by atoms with Gasteiger partial charge in [0.05, 0.1) is 17.3 Å². The van der Waals surface area contributed by atoms with Crippen LogP contribution in [0.5, 0.6) is 0 Å². The van der Waals surface area contributed by atoms with Crippen molar-refractivity contribution in [1.82, 2.24) is 15.8 Å². The molecule has 2 heterocycles. The van der Waals surface area contributed by atoms with Gasteiger partial charge in [0.2, 0.25) is 0 Å². The third kappa shape index (κ3) is 2.91. The van der Waals surface area contributed by atoms with E-state index in [4.69, 9.17) is 4.42 Å². The minimum atomic E-state index is -0.493. The van der Waals surface area contributed by atoms with Crippen molar-refractivity contribution in [3.05, 3.63) is 59.2 Å². The Morgan fingerprint density at radius 2 is 1.80 bits per heavy atom. The molecule has 0 bridgehead atoms. The van der Waals surface area contributed by atoms with E-state index >= 15 is 0 Å². The zero-order valence-electron chi connectivity index (χ0n) is 13.7. The first kappa shape index (κ1) is 15.5. The van der Waals surface area contributed by atoms with Gasteiger partial charge in [-0.25, -0.2) is 0 Å². The molecule has 25 heavy (non-hydrogen) atoms. The van der Waals surface area contributed by atoms with E-state index in [0.717, 1.165) is 23.7 Å². The van der Waals surface area contributed by atoms with E-state index in [9.17, 15) is 9.59 Å². The van der Waals surface area contributed by atoms with Gasteiger partial charge in [0.25, 0.3) is 5.91 Å². The molecule has 6 heteroatoms. The van der Waals surface area contributed by atoms with Gasteiger partial charge >= 0.3 is 5.91 Å². The second-order valence-corrected chi connectivity index (χ2v) is 6.26. The molecule has 0 fully saturated rings. The highest BCUT2D eigenvalue weighted by Crippen LogP contribution is 2.30. The molecule has 0 unspecified atom stereocenters. The van der Waals surface area contributed by atoms with E-state index in [1.54, 1.807) is 12.1 Å². The highest BCUT2D eigenvalue weighted by molar-refractivity contribution is 6.07. The molecule has 3 aromatic rings. The van der Waals surface area contributed by atoms with Gasteiger partial charge in [0.15, 0.2) is 5.76 Å². The first-order valence-corrected chi connectivity index (χ1v) is 8.50. The van der Waals surface area contributed by atoms with Gasteiger partial charge in [-0.1, -0.05) is 18.6 Å². The summed E-state index contributed by atoms with van der Waals surface area (Å²) < 4.78 is 5.00. The normalized spacial score (nSPS) is 13.9. The summed E-state index contributed by atoms with van der Waals surface area (Å²) in [5.74, 6) is -0.709. The molecule has 2 amide bonds. The number of fused-ring (bicyclic) bond motifs is 3. The Morgan fingerprint density at radius 3 is 2.64 bits per heavy atom. The number of hydrazine groups is 1. The lowest BCUT2D eigenvalue weighted by Gasteiger charge is -2.07. The number of hydrogen-bond donors (Lipinski definition) is 3. The van der Waals surface area contributed by atoms with Crippen molar-refractivity contribution in [1.29, 1.82) is 0 Å². The summed E-state index contributed by atoms with van der Waals surface area (Å²) in [6.45, 7) is 0. The topological polar surface area (TPSA) is 87.1 Å². The number of aryl methyl sites for hydroxylation is 2. The molecular weight excluding hydrogens is 318 g/mol. The number of nitrogens with one attached hydrogen (secondary N) is 3. The third-order valence-corrected chi connectivity index (χ3v) is 4.66. The number of aromatic amines is 1. The predicted octanol–water partition coefficient (Wildman–Crippen LogP) is 3.10. The summed E-state index contributed by atoms with van der Waals surface area (Å²) in [5, 5.41) is 1.10. The third-order valence-electron chi connectivity index (χ3n) is 4.66. The average molecular weight is 337 g/mol. The van der Waals surface area contributed by atoms with Crippen LogP contribution < -0.4 is 10.9 Å². The molecule has 1 aliphatic rings. The Labute approximate surface area is 144 Å². The number of aromatic nitrogens is 1. The standard InChI is InChI=1S/C19H19N3O3/c23-18(21-22-19(24)16-10-5-11-25-16)14-8-4-7-13-12-6-2-1-3-9-15(12)20-17(13)14/h4-5,7-8,10-11,20H,1-3,6,9H2,(H,21,23)(H,22,24). The van der Waals surface area contributed by atoms with Crippen LogP contribution in [-0.2, 0) is 12.8 Å². The lowest BCUT2D eigenvalue weighted by molar-refractivity contribution is 0.0831. The fourth-order valence-electron chi connectivity index (χ4n) is 3.45. The molecular formula is C19H19N3O3. The number of carbonyl (C=O) groups is 2. The number of H-pyrrole nitrogens is 1. The lowest BCUT2D eigenvalue weighted by Crippen LogP contribution is -2.41. The number of hydrogen-bond acceptors (Lipinski definition) is 3. The van der Waals surface area contributed by atoms with Crippen LogP contribution in [0.1, 0.15) is 51.4 Å². The maximum atomic E-state index is 12.5. The summed E-state index contributed by atoms with van der Waals surface area (Å²) >= 11 is 0. The second-order valence-electron chi connectivity index (χ2n) is 6.26. The number of rotatable bonds is 2. The van der Waals surface area contributed by atoms with Gasteiger partial charge in [-0.05, 0) is 49.4 Å². The van der Waals surface area contributed by atoms with Gasteiger partial charge in [-0.15, -0.1) is 0 Å². The van der Waals surface area contributed by atoms with Gasteiger partial charge in [-0.3, -0.25) is 20.4 Å². The number of carbonyl (C=O) groups excluding carboxylic acids is 2. The molecule has 0 spiro atoms. The minimum Gasteiger partial charge on any atom is -0.459 e. The van der Waals surface area contributed by atoms with Crippen LogP contribution in [0.25, 0.3) is 10.9 Å². The fourth-order valence-corrected chi connectivity index (χ4v) is 3.45. The van der Waals surface area contributed by atoms with Crippen molar-refractivity contribution < 1.29 is 14.0 Å². The van der Waals surface area contributed by atoms with Crippen molar-refractivity contribution in [2.75, 3.05) is 0 Å². The predicted molar refractivity (Wildman–Crippen MR) is 93.2 cm³/mol. The Morgan fingerprint density at radius 1 is 0.960 bits per heavy atom. The van der Waals surface area contributed by atoms with Gasteiger partial charge < -0.3 is 9.40 Å². The smallest absolute Gasteiger partial charge is 0.305 e. The Bertz CT molecular complexity index is 925. The van der Waals surface area contributed by atoms with Gasteiger partial charge in [0.1, 0.15) is 0 Å². The van der Waals surface area contributed by atoms with Crippen LogP contribution in [0.4, 0.5) is 0 Å². The summed E-state index contributed by atoms with van der Waals surface area (Å²) in [5.41, 5.74) is 8.73. The molecule has 0 atom stereocenters. The zero-order valence-corrected chi connectivity index (χ0v) is 13.7. The van der Waals surface area contributed by atoms with E-state index in [-0.39, 0.29) is 11.7 Å². The number of amides is 2. The minimum absolute atomic E-state index is 0.144. The molecule has 1 aromatic carbocycles. The number of para-hydroxylation sites is 1. The molecule has 0 aliphatic heterocycles. The van der Waals surface area contributed by atoms with Crippen molar-refractivity contribution in [3.63, 3.8) is 0 Å². The molecule has 3 N–H and O–H groups in total. The first-order valence-electron chi connectivity index (χ1n) is 8.50. The summed E-state index contributed by atoms with van der Waals surface area (Å²) in [7, 11) is 0. The second kappa shape index (κ2) is 6.47. The molecule has 4 rings (SSSR count). The quantitative estimate of drug-likeness (QED) is 0.496. The van der Waals surface area contributed by atoms with Crippen LogP contribution in [0.15, 0.2) is 41.0 Å². The molecule has 0 radical (unpaired) electrons. The summed E-state index contributed by atoms with van der Waals surface area (Å²) in [6.07, 6.45) is 7.04. The highest BCUT2D eigenvalue weighted by Gasteiger charge is 2.19. The van der Waals surface area contributed by atoms with Crippen LogP contribution in [0.3, 0.4) is 0 Å². The Hall–Kier alpha value is -3.02. The molecule has 0 saturated heterocycles. The summed E-state index contributed by atoms with van der Waals surface area (Å²) in [6, 6.07) is 8.83. The van der Waals surface area contributed by atoms with E-state index in [0.29, 0.717) is 5.56 Å². The SMILES string of the molecule is O=C(NNC(=O)c1cccc2c3c([nH]c12)CCCCC3)c1ccco1. The Kier molecular flexibility index (Phi) is 4.01. The molecule has 2 aromatic heterocycles. The monoisotopic (exact) mass is 337 g/mol. The van der Waals surface area contributed by atoms with E-state index in [1.807, 2.05) is 12.1 Å². The molecule has 0 saturated carbocycles. The van der Waals surface area contributed by atoms with Crippen molar-refractivity contribution in [3.8, 4) is 0 Å². The van der Waals surface area contributed by atoms with E-state index in [1.165, 1.54) is 42.8 Å². The van der Waals surface area contributed by atoms with Gasteiger partial charge in [0, 0.05) is 11.1 Å². The average Bonchev–Trinajstić information content (AvgIpc) is 3.22. The largest absolute Gasteiger partial charge is 0.459 e. The molecule has 1 aliphatic carbocycles. The maximum absolute atomic E-state index is 12.5. The highest BCUT2D eigenvalue weighted by atomic mass is 16.3. The Balaban J connectivity index is 1.58. The molecule has 128 valence electrons. The zero-order chi connectivity index (χ0) is 17.2. The van der Waals surface area contributed by atoms with Crippen molar-refractivity contribution in [2.45, 2.75) is 32.1 Å². The maximum Gasteiger partial charge on any atom is 0.305 e. The lowest BCUT2D eigenvalue weighted by atomic mass is 10.0. The number of benzene rings is 1. The van der Waals surface area contributed by atoms with Gasteiger partial charge in [-0.2, -0.15) is 0 Å². The first-order chi connectivity index (χ1) is 12.2. The fraction of sp³-hybridized carbons (Fsp3) is 0.263. The molecule has 6 nitrogen and oxygen atoms in total. The van der Waals surface area contributed by atoms with Crippen LogP contribution >= 0.6 is 0 Å². The van der Waals surface area contributed by atoms with Crippen LogP contribution in [-0.4, -0.2) is 16.8 Å². The van der Waals surface area contributed by atoms with E-state index < -0.39 is 5.91 Å². The van der Waals surface area contributed by atoms with Crippen molar-refractivity contribution in [2.24, 2.45) is 0 Å². The summed E-state index contributed by atoms with van der Waals surface area (Å²) in [4.78, 5) is 27.8.